The molecule has 0 aliphatic heterocycles. The fraction of sp³-hybridized carbons (Fsp3) is 0.342. The fourth-order valence-electron chi connectivity index (χ4n) is 5.73. The number of amides is 1. The summed E-state index contributed by atoms with van der Waals surface area (Å²) in [4.78, 5) is 11.7. The minimum atomic E-state index is -0.516. The first kappa shape index (κ1) is 31.1. The van der Waals surface area contributed by atoms with Crippen LogP contribution >= 0.6 is 0 Å². The zero-order chi connectivity index (χ0) is 30.8. The second-order valence-corrected chi connectivity index (χ2v) is 12.1. The van der Waals surface area contributed by atoms with E-state index >= 15 is 0 Å². The molecule has 0 fully saturated rings. The highest BCUT2D eigenvalue weighted by Crippen LogP contribution is 2.47. The Kier molecular flexibility index (Phi) is 10.6. The number of carbonyl (C=O) groups excluding carboxylic acids is 1. The van der Waals surface area contributed by atoms with E-state index in [1.165, 1.54) is 22.3 Å². The van der Waals surface area contributed by atoms with Crippen molar-refractivity contribution in [3.8, 4) is 11.5 Å². The number of hydrogen-bond donors (Lipinski definition) is 1. The minimum absolute atomic E-state index is 0.235. The van der Waals surface area contributed by atoms with Gasteiger partial charge < -0.3 is 24.3 Å². The summed E-state index contributed by atoms with van der Waals surface area (Å²) in [5.74, 6) is 2.34. The average molecular weight is 594 g/mol. The molecule has 0 saturated heterocycles. The molecule has 5 rings (SSSR count). The number of carbonyl (C=O) groups is 1. The van der Waals surface area contributed by atoms with Gasteiger partial charge in [-0.25, -0.2) is 4.79 Å². The fourth-order valence-corrected chi connectivity index (χ4v) is 5.73. The average Bonchev–Trinajstić information content (AvgIpc) is 3.03. The molecule has 0 bridgehead atoms. The summed E-state index contributed by atoms with van der Waals surface area (Å²) in [7, 11) is 0. The van der Waals surface area contributed by atoms with Gasteiger partial charge in [-0.05, 0) is 91.6 Å². The Morgan fingerprint density at radius 2 is 1.48 bits per heavy atom. The molecule has 230 valence electrons. The van der Waals surface area contributed by atoms with Crippen LogP contribution in [0.15, 0.2) is 103 Å². The SMILES string of the molecule is CC(C)(C)OC(=O)NCCOCCOc1ccc([C@@H]2c3ccc(OCc4ccccc4)cc3CC[C@@H]2c2ccccc2)cc1. The third-order valence-electron chi connectivity index (χ3n) is 7.70. The van der Waals surface area contributed by atoms with E-state index in [2.05, 4.69) is 78.1 Å². The molecule has 0 saturated carbocycles. The van der Waals surface area contributed by atoms with Crippen LogP contribution in [0.5, 0.6) is 11.5 Å². The van der Waals surface area contributed by atoms with Crippen molar-refractivity contribution in [1.29, 1.82) is 0 Å². The molecule has 1 N–H and O–H groups in total. The Hall–Kier alpha value is -4.29. The van der Waals surface area contributed by atoms with Gasteiger partial charge in [-0.15, -0.1) is 0 Å². The first-order chi connectivity index (χ1) is 21.4. The van der Waals surface area contributed by atoms with Crippen molar-refractivity contribution in [2.45, 2.75) is 57.7 Å². The van der Waals surface area contributed by atoms with Crippen molar-refractivity contribution in [2.24, 2.45) is 0 Å². The summed E-state index contributed by atoms with van der Waals surface area (Å²) in [5.41, 5.74) is 6.00. The first-order valence-corrected chi connectivity index (χ1v) is 15.5. The molecule has 1 aliphatic rings. The molecular weight excluding hydrogens is 550 g/mol. The number of benzene rings is 4. The predicted octanol–water partition coefficient (Wildman–Crippen LogP) is 8.05. The molecule has 0 spiro atoms. The van der Waals surface area contributed by atoms with Gasteiger partial charge in [0.15, 0.2) is 0 Å². The quantitative estimate of drug-likeness (QED) is 0.168. The number of aryl methyl sites for hydroxylation is 1. The first-order valence-electron chi connectivity index (χ1n) is 15.5. The Morgan fingerprint density at radius 1 is 0.773 bits per heavy atom. The highest BCUT2D eigenvalue weighted by Gasteiger charge is 2.32. The molecule has 4 aromatic rings. The van der Waals surface area contributed by atoms with Gasteiger partial charge in [0.25, 0.3) is 0 Å². The van der Waals surface area contributed by atoms with Crippen LogP contribution in [0, 0.1) is 0 Å². The van der Waals surface area contributed by atoms with Crippen molar-refractivity contribution in [3.63, 3.8) is 0 Å². The van der Waals surface area contributed by atoms with Crippen LogP contribution in [-0.4, -0.2) is 38.1 Å². The lowest BCUT2D eigenvalue weighted by Gasteiger charge is -2.35. The molecule has 1 aliphatic carbocycles. The Balaban J connectivity index is 1.20. The van der Waals surface area contributed by atoms with E-state index < -0.39 is 11.7 Å². The number of nitrogens with one attached hydrogen (secondary N) is 1. The smallest absolute Gasteiger partial charge is 0.407 e. The number of fused-ring (bicyclic) bond motifs is 1. The van der Waals surface area contributed by atoms with Crippen molar-refractivity contribution < 1.29 is 23.7 Å². The molecule has 0 radical (unpaired) electrons. The van der Waals surface area contributed by atoms with Crippen molar-refractivity contribution >= 4 is 6.09 Å². The maximum Gasteiger partial charge on any atom is 0.407 e. The van der Waals surface area contributed by atoms with E-state index in [1.54, 1.807) is 0 Å². The summed E-state index contributed by atoms with van der Waals surface area (Å²) < 4.78 is 22.9. The third-order valence-corrected chi connectivity index (χ3v) is 7.70. The second kappa shape index (κ2) is 14.9. The van der Waals surface area contributed by atoms with Gasteiger partial charge in [0.2, 0.25) is 0 Å². The normalized spacial score (nSPS) is 16.1. The monoisotopic (exact) mass is 593 g/mol. The van der Waals surface area contributed by atoms with Crippen LogP contribution in [0.4, 0.5) is 4.79 Å². The third kappa shape index (κ3) is 8.87. The number of alkyl carbamates (subject to hydrolysis) is 1. The molecule has 0 aromatic heterocycles. The van der Waals surface area contributed by atoms with Gasteiger partial charge >= 0.3 is 6.09 Å². The molecule has 2 atom stereocenters. The lowest BCUT2D eigenvalue weighted by Crippen LogP contribution is -2.34. The van der Waals surface area contributed by atoms with Crippen LogP contribution in [0.2, 0.25) is 0 Å². The summed E-state index contributed by atoms with van der Waals surface area (Å²) in [6.45, 7) is 7.70. The highest BCUT2D eigenvalue weighted by atomic mass is 16.6. The van der Waals surface area contributed by atoms with Gasteiger partial charge in [0, 0.05) is 12.5 Å². The van der Waals surface area contributed by atoms with E-state index in [-0.39, 0.29) is 5.92 Å². The molecule has 6 nitrogen and oxygen atoms in total. The van der Waals surface area contributed by atoms with Crippen LogP contribution < -0.4 is 14.8 Å². The molecule has 6 heteroatoms. The van der Waals surface area contributed by atoms with E-state index in [4.69, 9.17) is 18.9 Å². The van der Waals surface area contributed by atoms with Crippen LogP contribution in [-0.2, 0) is 22.5 Å². The van der Waals surface area contributed by atoms with Crippen LogP contribution in [0.3, 0.4) is 0 Å². The van der Waals surface area contributed by atoms with E-state index in [0.717, 1.165) is 29.9 Å². The van der Waals surface area contributed by atoms with Crippen LogP contribution in [0.25, 0.3) is 0 Å². The van der Waals surface area contributed by atoms with Crippen molar-refractivity contribution in [3.05, 3.63) is 131 Å². The van der Waals surface area contributed by atoms with Crippen LogP contribution in [0.1, 0.15) is 66.8 Å². The minimum Gasteiger partial charge on any atom is -0.491 e. The van der Waals surface area contributed by atoms with Gasteiger partial charge in [-0.1, -0.05) is 78.9 Å². The summed E-state index contributed by atoms with van der Waals surface area (Å²) >= 11 is 0. The summed E-state index contributed by atoms with van der Waals surface area (Å²) in [6.07, 6.45) is 1.65. The zero-order valence-electron chi connectivity index (χ0n) is 26.0. The maximum absolute atomic E-state index is 11.7. The van der Waals surface area contributed by atoms with Gasteiger partial charge in [-0.2, -0.15) is 0 Å². The van der Waals surface area contributed by atoms with Gasteiger partial charge in [0.1, 0.15) is 30.3 Å². The van der Waals surface area contributed by atoms with Crippen molar-refractivity contribution in [2.75, 3.05) is 26.4 Å². The molecular formula is C38H43NO5. The Morgan fingerprint density at radius 3 is 2.20 bits per heavy atom. The van der Waals surface area contributed by atoms with E-state index in [9.17, 15) is 4.79 Å². The number of ether oxygens (including phenoxy) is 4. The molecule has 44 heavy (non-hydrogen) atoms. The largest absolute Gasteiger partial charge is 0.491 e. The number of hydrogen-bond acceptors (Lipinski definition) is 5. The molecule has 1 amide bonds. The van der Waals surface area contributed by atoms with E-state index in [0.29, 0.717) is 38.9 Å². The maximum atomic E-state index is 11.7. The standard InChI is InChI=1S/C38H43NO5/c1-38(2,3)44-37(40)39-22-23-41-24-25-42-32-17-14-30(15-18-32)36-34(29-12-8-5-9-13-29)20-16-31-26-33(19-21-35(31)36)43-27-28-10-6-4-7-11-28/h4-15,17-19,21,26,34,36H,16,20,22-25,27H2,1-3H3,(H,39,40)/t34-,36+/m1/s1. The Bertz CT molecular complexity index is 1470. The van der Waals surface area contributed by atoms with E-state index in [1.807, 2.05) is 51.1 Å². The predicted molar refractivity (Wildman–Crippen MR) is 174 cm³/mol. The second-order valence-electron chi connectivity index (χ2n) is 12.1. The van der Waals surface area contributed by atoms with Crippen molar-refractivity contribution in [1.82, 2.24) is 5.32 Å². The molecule has 0 heterocycles. The van der Waals surface area contributed by atoms with Gasteiger partial charge in [0.05, 0.1) is 13.2 Å². The Labute approximate surface area is 261 Å². The lowest BCUT2D eigenvalue weighted by atomic mass is 9.69. The summed E-state index contributed by atoms with van der Waals surface area (Å²) in [6, 6.07) is 36.2. The molecule has 4 aromatic carbocycles. The topological polar surface area (TPSA) is 66.0 Å². The van der Waals surface area contributed by atoms with Gasteiger partial charge in [-0.3, -0.25) is 0 Å². The number of rotatable bonds is 12. The summed E-state index contributed by atoms with van der Waals surface area (Å²) in [5, 5.41) is 2.69. The lowest BCUT2D eigenvalue weighted by molar-refractivity contribution is 0.0489. The highest BCUT2D eigenvalue weighted by molar-refractivity contribution is 5.67. The zero-order valence-corrected chi connectivity index (χ0v) is 26.0. The molecule has 0 unspecified atom stereocenters.